The van der Waals surface area contributed by atoms with Crippen LogP contribution >= 0.6 is 0 Å². The maximum Gasteiger partial charge on any atom is 0.326 e. The zero-order valence-corrected chi connectivity index (χ0v) is 20.5. The Hall–Kier alpha value is -1.89. The van der Waals surface area contributed by atoms with Gasteiger partial charge < -0.3 is 20.4 Å². The fourth-order valence-electron chi connectivity index (χ4n) is 7.52. The smallest absolute Gasteiger partial charge is 0.326 e. The highest BCUT2D eigenvalue weighted by Gasteiger charge is 2.58. The van der Waals surface area contributed by atoms with Gasteiger partial charge in [0, 0.05) is 0 Å². The summed E-state index contributed by atoms with van der Waals surface area (Å²) >= 11 is 0. The van der Waals surface area contributed by atoms with Crippen LogP contribution in [0.1, 0.15) is 79.1 Å². The van der Waals surface area contributed by atoms with Crippen molar-refractivity contribution in [1.82, 2.24) is 5.32 Å². The van der Waals surface area contributed by atoms with Crippen LogP contribution < -0.4 is 5.32 Å². The molecule has 4 aliphatic rings. The zero-order chi connectivity index (χ0) is 24.0. The SMILES string of the molecule is CC(C)C(NC(=O)CON=C1C=C2CCC3C(CCC4(C)C(O)CCC34)C2(C)CC1)C(=O)O. The van der Waals surface area contributed by atoms with Crippen LogP contribution in [0, 0.1) is 34.5 Å². The highest BCUT2D eigenvalue weighted by molar-refractivity contribution is 5.96. The van der Waals surface area contributed by atoms with E-state index in [1.165, 1.54) is 18.4 Å². The van der Waals surface area contributed by atoms with E-state index in [1.54, 1.807) is 13.8 Å². The zero-order valence-electron chi connectivity index (χ0n) is 20.5. The number of carboxylic acids is 1. The van der Waals surface area contributed by atoms with Crippen LogP contribution in [0.4, 0.5) is 0 Å². The summed E-state index contributed by atoms with van der Waals surface area (Å²) in [5.74, 6) is 0.272. The van der Waals surface area contributed by atoms with E-state index in [0.29, 0.717) is 17.8 Å². The van der Waals surface area contributed by atoms with Gasteiger partial charge in [-0.1, -0.05) is 38.4 Å². The molecule has 1 amide bonds. The number of hydrogen-bond donors (Lipinski definition) is 3. The van der Waals surface area contributed by atoms with E-state index >= 15 is 0 Å². The molecule has 7 atom stereocenters. The van der Waals surface area contributed by atoms with Crippen molar-refractivity contribution >= 4 is 17.6 Å². The Morgan fingerprint density at radius 2 is 1.91 bits per heavy atom. The number of rotatable bonds is 6. The highest BCUT2D eigenvalue weighted by Crippen LogP contribution is 2.65. The molecule has 3 saturated carbocycles. The van der Waals surface area contributed by atoms with E-state index in [9.17, 15) is 19.8 Å². The number of carbonyl (C=O) groups excluding carboxylic acids is 1. The number of aliphatic hydroxyl groups excluding tert-OH is 1. The van der Waals surface area contributed by atoms with Crippen LogP contribution in [0.5, 0.6) is 0 Å². The lowest BCUT2D eigenvalue weighted by Crippen LogP contribution is -2.51. The van der Waals surface area contributed by atoms with Crippen molar-refractivity contribution in [2.45, 2.75) is 91.2 Å². The summed E-state index contributed by atoms with van der Waals surface area (Å²) in [7, 11) is 0. The summed E-state index contributed by atoms with van der Waals surface area (Å²) in [5.41, 5.74) is 2.60. The lowest BCUT2D eigenvalue weighted by molar-refractivity contribution is -0.143. The fourth-order valence-corrected chi connectivity index (χ4v) is 7.52. The molecule has 33 heavy (non-hydrogen) atoms. The average molecular weight is 461 g/mol. The van der Waals surface area contributed by atoms with E-state index in [-0.39, 0.29) is 29.5 Å². The molecule has 3 N–H and O–H groups in total. The van der Waals surface area contributed by atoms with E-state index in [2.05, 4.69) is 30.4 Å². The Bertz CT molecular complexity index is 852. The topological polar surface area (TPSA) is 108 Å². The first kappa shape index (κ1) is 24.2. The molecule has 7 heteroatoms. The molecule has 0 bridgehead atoms. The molecule has 4 rings (SSSR count). The second kappa shape index (κ2) is 9.05. The molecule has 184 valence electrons. The summed E-state index contributed by atoms with van der Waals surface area (Å²) in [4.78, 5) is 28.6. The number of amides is 1. The first-order valence-corrected chi connectivity index (χ1v) is 12.7. The van der Waals surface area contributed by atoms with Gasteiger partial charge in [0.1, 0.15) is 6.04 Å². The number of hydrogen-bond acceptors (Lipinski definition) is 5. The van der Waals surface area contributed by atoms with Gasteiger partial charge in [-0.05, 0) is 91.9 Å². The molecular weight excluding hydrogens is 420 g/mol. The second-order valence-corrected chi connectivity index (χ2v) is 11.6. The number of aliphatic hydroxyl groups is 1. The van der Waals surface area contributed by atoms with Crippen molar-refractivity contribution in [2.24, 2.45) is 39.7 Å². The van der Waals surface area contributed by atoms with Crippen molar-refractivity contribution < 1.29 is 24.6 Å². The van der Waals surface area contributed by atoms with Crippen LogP contribution in [-0.2, 0) is 14.4 Å². The Kier molecular flexibility index (Phi) is 6.64. The summed E-state index contributed by atoms with van der Waals surface area (Å²) in [6, 6.07) is -0.931. The van der Waals surface area contributed by atoms with Gasteiger partial charge in [0.05, 0.1) is 11.8 Å². The van der Waals surface area contributed by atoms with Gasteiger partial charge in [-0.3, -0.25) is 4.79 Å². The van der Waals surface area contributed by atoms with Crippen molar-refractivity contribution in [3.05, 3.63) is 11.6 Å². The quantitative estimate of drug-likeness (QED) is 0.521. The number of allylic oxidation sites excluding steroid dienone is 2. The van der Waals surface area contributed by atoms with E-state index in [1.807, 2.05) is 0 Å². The summed E-state index contributed by atoms with van der Waals surface area (Å²) in [6.07, 6.45) is 10.6. The monoisotopic (exact) mass is 460 g/mol. The van der Waals surface area contributed by atoms with Gasteiger partial charge in [0.15, 0.2) is 6.61 Å². The summed E-state index contributed by atoms with van der Waals surface area (Å²) < 4.78 is 0. The largest absolute Gasteiger partial charge is 0.480 e. The van der Waals surface area contributed by atoms with Crippen molar-refractivity contribution in [3.8, 4) is 0 Å². The molecule has 7 nitrogen and oxygen atoms in total. The van der Waals surface area contributed by atoms with Gasteiger partial charge in [-0.25, -0.2) is 4.79 Å². The van der Waals surface area contributed by atoms with Crippen molar-refractivity contribution in [2.75, 3.05) is 6.61 Å². The van der Waals surface area contributed by atoms with Gasteiger partial charge in [-0.15, -0.1) is 0 Å². The maximum absolute atomic E-state index is 12.1. The van der Waals surface area contributed by atoms with Crippen molar-refractivity contribution in [1.29, 1.82) is 0 Å². The standard InChI is InChI=1S/C26H40N2O5/c1-15(2)23(24(31)32)27-22(30)14-33-28-17-9-11-25(3)16(13-17)5-6-18-19-7-8-21(29)26(19,4)12-10-20(18)25/h13,15,18-21,23,29H,5-12,14H2,1-4H3,(H,27,30)(H,31,32). The Balaban J connectivity index is 1.39. The van der Waals surface area contributed by atoms with E-state index < -0.39 is 17.9 Å². The summed E-state index contributed by atoms with van der Waals surface area (Å²) in [6.45, 7) is 7.96. The third kappa shape index (κ3) is 4.33. The van der Waals surface area contributed by atoms with E-state index in [4.69, 9.17) is 4.84 Å². The van der Waals surface area contributed by atoms with Crippen LogP contribution in [0.25, 0.3) is 0 Å². The Labute approximate surface area is 197 Å². The van der Waals surface area contributed by atoms with Crippen LogP contribution in [-0.4, -0.2) is 46.6 Å². The molecule has 0 aliphatic heterocycles. The molecule has 0 aromatic heterocycles. The predicted molar refractivity (Wildman–Crippen MR) is 126 cm³/mol. The molecule has 0 heterocycles. The number of carboxylic acid groups (broad SMARTS) is 1. The number of carbonyl (C=O) groups is 2. The predicted octanol–water partition coefficient (Wildman–Crippen LogP) is 3.91. The molecular formula is C26H40N2O5. The molecule has 0 saturated heterocycles. The molecule has 3 fully saturated rings. The third-order valence-electron chi connectivity index (χ3n) is 9.55. The fraction of sp³-hybridized carbons (Fsp3) is 0.808. The molecule has 7 unspecified atom stereocenters. The first-order valence-electron chi connectivity index (χ1n) is 12.7. The lowest BCUT2D eigenvalue weighted by Gasteiger charge is -2.57. The van der Waals surface area contributed by atoms with E-state index in [0.717, 1.165) is 44.2 Å². The number of nitrogens with zero attached hydrogens (tertiary/aromatic N) is 1. The summed E-state index contributed by atoms with van der Waals surface area (Å²) in [5, 5.41) is 26.6. The highest BCUT2D eigenvalue weighted by atomic mass is 16.6. The lowest BCUT2D eigenvalue weighted by atomic mass is 9.47. The van der Waals surface area contributed by atoms with Crippen LogP contribution in [0.2, 0.25) is 0 Å². The van der Waals surface area contributed by atoms with Gasteiger partial charge in [0.25, 0.3) is 5.91 Å². The number of fused-ring (bicyclic) bond motifs is 5. The minimum atomic E-state index is -1.05. The molecule has 0 aromatic rings. The van der Waals surface area contributed by atoms with Gasteiger partial charge >= 0.3 is 5.97 Å². The number of oxime groups is 1. The molecule has 0 radical (unpaired) electrons. The van der Waals surface area contributed by atoms with Crippen LogP contribution in [0.3, 0.4) is 0 Å². The van der Waals surface area contributed by atoms with Gasteiger partial charge in [-0.2, -0.15) is 0 Å². The Morgan fingerprint density at radius 3 is 2.61 bits per heavy atom. The number of aliphatic carboxylic acids is 1. The molecule has 4 aliphatic carbocycles. The first-order chi connectivity index (χ1) is 15.6. The minimum absolute atomic E-state index is 0.101. The van der Waals surface area contributed by atoms with Crippen molar-refractivity contribution in [3.63, 3.8) is 0 Å². The normalized spacial score (nSPS) is 39.8. The minimum Gasteiger partial charge on any atom is -0.480 e. The molecule has 0 spiro atoms. The number of nitrogens with one attached hydrogen (secondary N) is 1. The average Bonchev–Trinajstić information content (AvgIpc) is 3.06. The molecule has 0 aromatic carbocycles. The van der Waals surface area contributed by atoms with Crippen LogP contribution in [0.15, 0.2) is 16.8 Å². The second-order valence-electron chi connectivity index (χ2n) is 11.6. The third-order valence-corrected chi connectivity index (χ3v) is 9.55. The maximum atomic E-state index is 12.1. The van der Waals surface area contributed by atoms with Gasteiger partial charge in [0.2, 0.25) is 0 Å². The Morgan fingerprint density at radius 1 is 1.15 bits per heavy atom.